The Morgan fingerprint density at radius 1 is 0.804 bits per heavy atom. The molecular weight excluding hydrogens is 783 g/mol. The molecule has 25 heteroatoms. The maximum absolute atomic E-state index is 12.6. The number of hydrogen-bond donors (Lipinski definition) is 5. The summed E-state index contributed by atoms with van der Waals surface area (Å²) >= 11 is 0.571. The quantitative estimate of drug-likeness (QED) is 0.0148. The summed E-state index contributed by atoms with van der Waals surface area (Å²) in [5.41, 5.74) is 5.23. The van der Waals surface area contributed by atoms with E-state index in [0.717, 1.165) is 11.5 Å². The first-order valence-electron chi connectivity index (χ1n) is 13.3. The number of fused-ring (bicyclic) bond motifs is 1. The van der Waals surface area contributed by atoms with Crippen LogP contribution >= 0.6 is 24.4 Å². The molecule has 51 heavy (non-hydrogen) atoms. The summed E-state index contributed by atoms with van der Waals surface area (Å²) in [5, 5.41) is 51.2. The van der Waals surface area contributed by atoms with E-state index in [1.54, 1.807) is 0 Å². The number of phenolic OH excluding ortho intramolecular Hbond substituents is 1. The van der Waals surface area contributed by atoms with Crippen molar-refractivity contribution in [3.8, 4) is 5.75 Å². The number of rotatable bonds is 17. The molecule has 0 heterocycles. The Morgan fingerprint density at radius 2 is 1.37 bits per heavy atom. The first-order valence-corrected chi connectivity index (χ1v) is 19.3. The molecule has 0 aliphatic rings. The summed E-state index contributed by atoms with van der Waals surface area (Å²) in [6.07, 6.45) is 0. The van der Waals surface area contributed by atoms with Crippen molar-refractivity contribution >= 4 is 93.4 Å². The van der Waals surface area contributed by atoms with Crippen LogP contribution in [0.5, 0.6) is 5.75 Å². The average Bonchev–Trinajstić information content (AvgIpc) is 3.09. The second kappa shape index (κ2) is 17.0. The van der Waals surface area contributed by atoms with Gasteiger partial charge in [-0.05, 0) is 66.0 Å². The van der Waals surface area contributed by atoms with Crippen LogP contribution in [0.2, 0.25) is 0 Å². The van der Waals surface area contributed by atoms with Gasteiger partial charge in [-0.2, -0.15) is 18.6 Å². The van der Waals surface area contributed by atoms with Crippen molar-refractivity contribution in [3.63, 3.8) is 0 Å². The molecule has 0 fully saturated rings. The molecular formula is C26H23N5O15S5. The summed E-state index contributed by atoms with van der Waals surface area (Å²) in [4.78, 5) is -1.14. The van der Waals surface area contributed by atoms with Gasteiger partial charge < -0.3 is 10.8 Å². The summed E-state index contributed by atoms with van der Waals surface area (Å²) in [6, 6.07) is 12.1. The topological polar surface area (TPSA) is 305 Å². The minimum absolute atomic E-state index is 0.0306. The number of nitrogen functional groups attached to an aromatic ring is 1. The highest BCUT2D eigenvalue weighted by atomic mass is 32.2. The number of phenols is 1. The molecule has 20 nitrogen and oxygen atoms in total. The van der Waals surface area contributed by atoms with Crippen molar-refractivity contribution in [2.24, 2.45) is 20.5 Å². The molecule has 4 rings (SSSR count). The van der Waals surface area contributed by atoms with Crippen LogP contribution in [0, 0.1) is 0 Å². The van der Waals surface area contributed by atoms with E-state index in [4.69, 9.17) is 20.4 Å². The predicted octanol–water partition coefficient (Wildman–Crippen LogP) is 6.33. The SMILES string of the molecule is C=CS(=O)(=O)c1ccc(N=Nc2c(S(=O)(=O)O)cc3cc(SOOO)c(N=Nc4ccc(S(=O)(=O)CCOSOOO)cc4)c(N)c3c2O)cc1. The van der Waals surface area contributed by atoms with E-state index in [2.05, 4.69) is 45.8 Å². The largest absolute Gasteiger partial charge is 0.505 e. The molecule has 0 atom stereocenters. The summed E-state index contributed by atoms with van der Waals surface area (Å²) < 4.78 is 97.0. The van der Waals surface area contributed by atoms with Crippen LogP contribution in [0.25, 0.3) is 10.8 Å². The Kier molecular flexibility index (Phi) is 13.2. The van der Waals surface area contributed by atoms with E-state index >= 15 is 0 Å². The van der Waals surface area contributed by atoms with E-state index in [0.29, 0.717) is 12.0 Å². The first-order chi connectivity index (χ1) is 24.1. The van der Waals surface area contributed by atoms with Crippen LogP contribution in [-0.2, 0) is 52.7 Å². The fraction of sp³-hybridized carbons (Fsp3) is 0.0769. The zero-order valence-electron chi connectivity index (χ0n) is 25.2. The van der Waals surface area contributed by atoms with Crippen LogP contribution in [0.1, 0.15) is 0 Å². The average molecular weight is 806 g/mol. The molecule has 272 valence electrons. The van der Waals surface area contributed by atoms with Gasteiger partial charge in [-0.15, -0.1) is 18.9 Å². The highest BCUT2D eigenvalue weighted by Crippen LogP contribution is 2.49. The van der Waals surface area contributed by atoms with Gasteiger partial charge in [-0.1, -0.05) is 16.7 Å². The number of aromatic hydroxyl groups is 1. The highest BCUT2D eigenvalue weighted by molar-refractivity contribution is 7.95. The van der Waals surface area contributed by atoms with Gasteiger partial charge in [0.25, 0.3) is 10.1 Å². The van der Waals surface area contributed by atoms with Gasteiger partial charge in [0, 0.05) is 5.41 Å². The van der Waals surface area contributed by atoms with Crippen molar-refractivity contribution < 1.29 is 68.4 Å². The molecule has 0 saturated heterocycles. The Balaban J connectivity index is 1.76. The van der Waals surface area contributed by atoms with Crippen molar-refractivity contribution in [2.75, 3.05) is 18.1 Å². The second-order valence-corrected chi connectivity index (χ2v) is 16.1. The van der Waals surface area contributed by atoms with E-state index in [-0.39, 0.29) is 67.1 Å². The van der Waals surface area contributed by atoms with E-state index in [1.165, 1.54) is 54.6 Å². The van der Waals surface area contributed by atoms with Crippen molar-refractivity contribution in [1.82, 2.24) is 0 Å². The lowest BCUT2D eigenvalue weighted by Crippen LogP contribution is -2.10. The third-order valence-corrected chi connectivity index (χ3v) is 11.3. The molecule has 0 spiro atoms. The monoisotopic (exact) mass is 805 g/mol. The van der Waals surface area contributed by atoms with Gasteiger partial charge in [0.05, 0.1) is 61.5 Å². The number of benzene rings is 4. The normalized spacial score (nSPS) is 12.7. The van der Waals surface area contributed by atoms with E-state index in [9.17, 15) is 34.9 Å². The standard InChI is InChI=1S/C26H23N5O15S5/c1-2-49(35,36)18-7-3-17(4-8-18)29-31-25-21(51(39,40)41)14-15-13-20(47-45-43-33)24(23(27)22(15)26(25)32)30-28-16-5-9-19(10-6-16)50(37,38)12-11-42-48-46-44-34/h2-10,13-14,32-34H,1,11-12,27H2,(H,39,40,41). The molecule has 4 aromatic carbocycles. The number of nitrogens with two attached hydrogens (primary N) is 1. The van der Waals surface area contributed by atoms with Crippen molar-refractivity contribution in [3.05, 3.63) is 72.7 Å². The predicted molar refractivity (Wildman–Crippen MR) is 180 cm³/mol. The Bertz CT molecular complexity index is 2300. The van der Waals surface area contributed by atoms with Gasteiger partial charge in [-0.3, -0.25) is 8.74 Å². The third kappa shape index (κ3) is 9.83. The van der Waals surface area contributed by atoms with Crippen molar-refractivity contribution in [1.29, 1.82) is 0 Å². The molecule has 0 radical (unpaired) electrons. The molecule has 0 bridgehead atoms. The Hall–Kier alpha value is -4.09. The van der Waals surface area contributed by atoms with Crippen LogP contribution in [0.4, 0.5) is 28.4 Å². The molecule has 6 N–H and O–H groups in total. The van der Waals surface area contributed by atoms with Crippen LogP contribution in [0.15, 0.2) is 113 Å². The maximum Gasteiger partial charge on any atom is 0.296 e. The number of sulfone groups is 2. The molecule has 0 unspecified atom stereocenters. The van der Waals surface area contributed by atoms with Gasteiger partial charge in [0.2, 0.25) is 0 Å². The van der Waals surface area contributed by atoms with Gasteiger partial charge in [0.15, 0.2) is 37.7 Å². The fourth-order valence-corrected chi connectivity index (χ4v) is 7.37. The molecule has 0 aliphatic heterocycles. The van der Waals surface area contributed by atoms with E-state index < -0.39 is 51.9 Å². The fourth-order valence-electron chi connectivity index (χ4n) is 4.08. The summed E-state index contributed by atoms with van der Waals surface area (Å²) in [6.45, 7) is 2.93. The Labute approximate surface area is 297 Å². The van der Waals surface area contributed by atoms with Crippen LogP contribution < -0.4 is 5.73 Å². The molecule has 0 saturated carbocycles. The Morgan fingerprint density at radius 3 is 1.92 bits per heavy atom. The minimum atomic E-state index is -5.06. The highest BCUT2D eigenvalue weighted by Gasteiger charge is 2.26. The van der Waals surface area contributed by atoms with Crippen LogP contribution in [0.3, 0.4) is 0 Å². The van der Waals surface area contributed by atoms with Gasteiger partial charge >= 0.3 is 0 Å². The lowest BCUT2D eigenvalue weighted by Gasteiger charge is -2.14. The van der Waals surface area contributed by atoms with E-state index in [1.807, 2.05) is 0 Å². The first kappa shape index (κ1) is 39.7. The molecule has 4 aromatic rings. The smallest absolute Gasteiger partial charge is 0.296 e. The lowest BCUT2D eigenvalue weighted by molar-refractivity contribution is -0.434. The maximum atomic E-state index is 12.6. The number of anilines is 1. The lowest BCUT2D eigenvalue weighted by atomic mass is 10.1. The van der Waals surface area contributed by atoms with Crippen molar-refractivity contribution in [2.45, 2.75) is 19.6 Å². The minimum Gasteiger partial charge on any atom is -0.505 e. The molecule has 0 aliphatic carbocycles. The molecule has 0 amide bonds. The second-order valence-electron chi connectivity index (χ2n) is 9.46. The van der Waals surface area contributed by atoms with Gasteiger partial charge in [-0.25, -0.2) is 27.4 Å². The zero-order chi connectivity index (χ0) is 37.4. The zero-order valence-corrected chi connectivity index (χ0v) is 29.2. The van der Waals surface area contributed by atoms with Crippen LogP contribution in [-0.4, -0.2) is 57.8 Å². The third-order valence-electron chi connectivity index (χ3n) is 6.40. The number of hydrogen-bond acceptors (Lipinski definition) is 21. The summed E-state index contributed by atoms with van der Waals surface area (Å²) in [7, 11) is -12.6. The van der Waals surface area contributed by atoms with Gasteiger partial charge in [0.1, 0.15) is 16.3 Å². The summed E-state index contributed by atoms with van der Waals surface area (Å²) in [5.74, 6) is -1.32. The molecule has 0 aromatic heterocycles. The number of azo groups is 2. The number of nitrogens with zero attached hydrogens (tertiary/aromatic N) is 4.